The number of hydrogen-bond acceptors (Lipinski definition) is 3. The van der Waals surface area contributed by atoms with E-state index in [1.54, 1.807) is 24.3 Å². The zero-order valence-electron chi connectivity index (χ0n) is 14.5. The summed E-state index contributed by atoms with van der Waals surface area (Å²) in [6, 6.07) is 12.5. The van der Waals surface area contributed by atoms with Gasteiger partial charge in [0.15, 0.2) is 5.11 Å². The van der Waals surface area contributed by atoms with Crippen molar-refractivity contribution in [3.05, 3.63) is 59.9 Å². The molecule has 0 aromatic heterocycles. The molecule has 142 valence electrons. The molecule has 1 heterocycles. The van der Waals surface area contributed by atoms with Crippen molar-refractivity contribution in [2.24, 2.45) is 0 Å². The Labute approximate surface area is 163 Å². The molecule has 9 heteroatoms. The molecule has 0 spiro atoms. The molecule has 1 aliphatic rings. The lowest BCUT2D eigenvalue weighted by Gasteiger charge is -2.11. The first-order valence-corrected chi connectivity index (χ1v) is 10.3. The molecular formula is C18H20FN4O2S2+. The molecule has 27 heavy (non-hydrogen) atoms. The number of rotatable bonds is 5. The highest BCUT2D eigenvalue weighted by Gasteiger charge is 2.24. The standard InChI is InChI=1S/C18H19FN4O2S2/c19-14-8-6-13(7-9-14)12-21-18(26)22-15-3-1-4-16(11-15)27(24,25)23-17-5-2-10-20-17/h1,3-4,6-9,11H,2,5,10,12H2,(H,20,23)(H2,21,22,26)/p+1. The Morgan fingerprint density at radius 2 is 1.96 bits per heavy atom. The number of anilines is 1. The summed E-state index contributed by atoms with van der Waals surface area (Å²) in [6.45, 7) is 1.20. The minimum atomic E-state index is -3.65. The fraction of sp³-hybridized carbons (Fsp3) is 0.222. The molecule has 1 aliphatic heterocycles. The Bertz CT molecular complexity index is 960. The van der Waals surface area contributed by atoms with Gasteiger partial charge in [-0.2, -0.15) is 13.1 Å². The van der Waals surface area contributed by atoms with Crippen LogP contribution in [0.1, 0.15) is 18.4 Å². The lowest BCUT2D eigenvalue weighted by molar-refractivity contribution is -0.448. The van der Waals surface area contributed by atoms with Gasteiger partial charge in [0.25, 0.3) is 5.84 Å². The van der Waals surface area contributed by atoms with E-state index in [0.29, 0.717) is 29.6 Å². The van der Waals surface area contributed by atoms with Crippen molar-refractivity contribution in [2.75, 3.05) is 11.9 Å². The van der Waals surface area contributed by atoms with Crippen LogP contribution in [0, 0.1) is 5.82 Å². The highest BCUT2D eigenvalue weighted by Crippen LogP contribution is 2.15. The van der Waals surface area contributed by atoms with Gasteiger partial charge in [-0.3, -0.25) is 4.99 Å². The van der Waals surface area contributed by atoms with Gasteiger partial charge in [0.05, 0.1) is 13.0 Å². The number of nitrogens with one attached hydrogen (secondary N) is 4. The first-order chi connectivity index (χ1) is 12.9. The monoisotopic (exact) mass is 407 g/mol. The molecule has 2 aromatic rings. The lowest BCUT2D eigenvalue weighted by Crippen LogP contribution is -2.72. The summed E-state index contributed by atoms with van der Waals surface area (Å²) < 4.78 is 40.5. The highest BCUT2D eigenvalue weighted by atomic mass is 32.2. The molecule has 2 aromatic carbocycles. The van der Waals surface area contributed by atoms with Gasteiger partial charge < -0.3 is 10.6 Å². The van der Waals surface area contributed by atoms with Gasteiger partial charge in [-0.1, -0.05) is 18.2 Å². The second kappa shape index (κ2) is 8.45. The van der Waals surface area contributed by atoms with Gasteiger partial charge in [0.2, 0.25) is 0 Å². The predicted octanol–water partition coefficient (Wildman–Crippen LogP) is 0.864. The summed E-state index contributed by atoms with van der Waals surface area (Å²) in [6.07, 6.45) is 1.60. The van der Waals surface area contributed by atoms with Crippen molar-refractivity contribution in [3.63, 3.8) is 0 Å². The number of halogens is 1. The van der Waals surface area contributed by atoms with Crippen LogP contribution in [0.5, 0.6) is 0 Å². The first-order valence-electron chi connectivity index (χ1n) is 8.44. The largest absolute Gasteiger partial charge is 0.358 e. The Kier molecular flexibility index (Phi) is 6.02. The summed E-state index contributed by atoms with van der Waals surface area (Å²) in [5.74, 6) is 0.321. The molecular weight excluding hydrogens is 387 g/mol. The van der Waals surface area contributed by atoms with E-state index < -0.39 is 10.0 Å². The number of hydrogen-bond donors (Lipinski definition) is 4. The van der Waals surface area contributed by atoms with E-state index in [0.717, 1.165) is 18.5 Å². The molecule has 0 aliphatic carbocycles. The number of thiocarbonyl (C=S) groups is 1. The Balaban J connectivity index is 1.61. The quantitative estimate of drug-likeness (QED) is 0.553. The van der Waals surface area contributed by atoms with Crippen LogP contribution < -0.4 is 20.3 Å². The minimum absolute atomic E-state index is 0.148. The zero-order valence-corrected chi connectivity index (χ0v) is 16.1. The van der Waals surface area contributed by atoms with Gasteiger partial charge in [0, 0.05) is 12.2 Å². The number of benzene rings is 2. The summed E-state index contributed by atoms with van der Waals surface area (Å²) in [5.41, 5.74) is 1.43. The average Bonchev–Trinajstić information content (AvgIpc) is 3.14. The molecule has 0 unspecified atom stereocenters. The third-order valence-electron chi connectivity index (χ3n) is 3.97. The summed E-state index contributed by atoms with van der Waals surface area (Å²) in [4.78, 5) is 3.17. The second-order valence-corrected chi connectivity index (χ2v) is 8.17. The van der Waals surface area contributed by atoms with Gasteiger partial charge in [-0.15, -0.1) is 0 Å². The Morgan fingerprint density at radius 1 is 1.19 bits per heavy atom. The smallest absolute Gasteiger partial charge is 0.328 e. The molecule has 0 bridgehead atoms. The average molecular weight is 408 g/mol. The van der Waals surface area contributed by atoms with E-state index >= 15 is 0 Å². The van der Waals surface area contributed by atoms with Gasteiger partial charge >= 0.3 is 10.0 Å². The molecule has 6 nitrogen and oxygen atoms in total. The normalized spacial score (nSPS) is 13.7. The molecule has 0 radical (unpaired) electrons. The summed E-state index contributed by atoms with van der Waals surface area (Å²) in [7, 11) is -3.65. The van der Waals surface area contributed by atoms with Crippen molar-refractivity contribution in [2.45, 2.75) is 24.3 Å². The third-order valence-corrected chi connectivity index (χ3v) is 5.60. The molecule has 3 rings (SSSR count). The van der Waals surface area contributed by atoms with Crippen molar-refractivity contribution < 1.29 is 17.8 Å². The maximum Gasteiger partial charge on any atom is 0.328 e. The molecule has 0 atom stereocenters. The molecule has 4 N–H and O–H groups in total. The van der Waals surface area contributed by atoms with Crippen molar-refractivity contribution in [1.29, 1.82) is 0 Å². The Morgan fingerprint density at radius 3 is 2.67 bits per heavy atom. The van der Waals surface area contributed by atoms with E-state index in [1.807, 2.05) is 0 Å². The zero-order chi connectivity index (χ0) is 19.3. The van der Waals surface area contributed by atoms with E-state index in [2.05, 4.69) is 20.3 Å². The maximum atomic E-state index is 12.9. The van der Waals surface area contributed by atoms with E-state index in [1.165, 1.54) is 24.3 Å². The summed E-state index contributed by atoms with van der Waals surface area (Å²) in [5, 5.41) is 6.31. The topological polar surface area (TPSA) is 84.2 Å². The van der Waals surface area contributed by atoms with Crippen LogP contribution in [-0.4, -0.2) is 25.9 Å². The number of amidine groups is 1. The van der Waals surface area contributed by atoms with Crippen LogP contribution in [0.25, 0.3) is 0 Å². The highest BCUT2D eigenvalue weighted by molar-refractivity contribution is 7.90. The van der Waals surface area contributed by atoms with E-state index in [-0.39, 0.29) is 10.7 Å². The van der Waals surface area contributed by atoms with Crippen molar-refractivity contribution >= 4 is 38.9 Å². The van der Waals surface area contributed by atoms with Crippen LogP contribution in [0.15, 0.2) is 53.4 Å². The molecule has 0 saturated carbocycles. The summed E-state index contributed by atoms with van der Waals surface area (Å²) >= 11 is 5.24. The predicted molar refractivity (Wildman–Crippen MR) is 106 cm³/mol. The Hall–Kier alpha value is -2.52. The molecule has 0 saturated heterocycles. The van der Waals surface area contributed by atoms with Crippen LogP contribution in [0.3, 0.4) is 0 Å². The fourth-order valence-corrected chi connectivity index (χ4v) is 3.95. The van der Waals surface area contributed by atoms with E-state index in [9.17, 15) is 12.8 Å². The third kappa shape index (κ3) is 5.48. The lowest BCUT2D eigenvalue weighted by atomic mass is 10.2. The van der Waals surface area contributed by atoms with Gasteiger partial charge in [-0.25, -0.2) is 4.39 Å². The first kappa shape index (κ1) is 19.2. The van der Waals surface area contributed by atoms with Gasteiger partial charge in [0.1, 0.15) is 10.7 Å². The van der Waals surface area contributed by atoms with Crippen molar-refractivity contribution in [1.82, 2.24) is 10.0 Å². The van der Waals surface area contributed by atoms with Crippen LogP contribution >= 0.6 is 12.2 Å². The van der Waals surface area contributed by atoms with Crippen LogP contribution in [0.4, 0.5) is 10.1 Å². The SMILES string of the molecule is O=S(=O)(NC1=[NH+]CCC1)c1cccc(NC(=S)NCc2ccc(F)cc2)c1. The molecule has 0 fully saturated rings. The maximum absolute atomic E-state index is 12.9. The minimum Gasteiger partial charge on any atom is -0.358 e. The van der Waals surface area contributed by atoms with Crippen LogP contribution in [-0.2, 0) is 16.6 Å². The van der Waals surface area contributed by atoms with Gasteiger partial charge in [-0.05, 0) is 54.5 Å². The number of sulfonamides is 1. The van der Waals surface area contributed by atoms with E-state index in [4.69, 9.17) is 12.2 Å². The second-order valence-electron chi connectivity index (χ2n) is 6.08. The molecule has 0 amide bonds. The van der Waals surface area contributed by atoms with Crippen molar-refractivity contribution in [3.8, 4) is 0 Å². The fourth-order valence-electron chi connectivity index (χ4n) is 2.60. The van der Waals surface area contributed by atoms with Crippen LogP contribution in [0.2, 0.25) is 0 Å².